The van der Waals surface area contributed by atoms with Crippen molar-refractivity contribution < 1.29 is 18.1 Å². The normalized spacial score (nSPS) is 16.8. The summed E-state index contributed by atoms with van der Waals surface area (Å²) in [6.45, 7) is 4.46. The van der Waals surface area contributed by atoms with Crippen molar-refractivity contribution in [2.75, 3.05) is 13.1 Å². The van der Waals surface area contributed by atoms with E-state index in [4.69, 9.17) is 4.52 Å². The average Bonchev–Trinajstić information content (AvgIpc) is 3.15. The Labute approximate surface area is 166 Å². The molecule has 1 unspecified atom stereocenters. The van der Waals surface area contributed by atoms with Gasteiger partial charge < -0.3 is 9.42 Å². The SMILES string of the molecule is Cc1cc(-c2cnc(C)nc2C2CCCN(C(=O)c3cc(F)ccc3F)C2)on1. The van der Waals surface area contributed by atoms with Crippen LogP contribution in [0, 0.1) is 25.5 Å². The van der Waals surface area contributed by atoms with Gasteiger partial charge in [0, 0.05) is 31.3 Å². The highest BCUT2D eigenvalue weighted by molar-refractivity contribution is 5.94. The Kier molecular flexibility index (Phi) is 5.08. The van der Waals surface area contributed by atoms with E-state index in [0.717, 1.165) is 48.0 Å². The highest BCUT2D eigenvalue weighted by Crippen LogP contribution is 2.34. The van der Waals surface area contributed by atoms with Gasteiger partial charge in [0.25, 0.3) is 5.91 Å². The van der Waals surface area contributed by atoms with Gasteiger partial charge in [-0.15, -0.1) is 0 Å². The van der Waals surface area contributed by atoms with Crippen LogP contribution < -0.4 is 0 Å². The summed E-state index contributed by atoms with van der Waals surface area (Å²) >= 11 is 0. The zero-order valence-corrected chi connectivity index (χ0v) is 16.2. The minimum atomic E-state index is -0.728. The van der Waals surface area contributed by atoms with Crippen LogP contribution in [0.25, 0.3) is 11.3 Å². The van der Waals surface area contributed by atoms with E-state index in [1.165, 1.54) is 0 Å². The Morgan fingerprint density at radius 1 is 1.24 bits per heavy atom. The zero-order valence-electron chi connectivity index (χ0n) is 16.2. The van der Waals surface area contributed by atoms with E-state index in [1.54, 1.807) is 18.0 Å². The van der Waals surface area contributed by atoms with Crippen LogP contribution in [0.1, 0.15) is 46.3 Å². The number of carbonyl (C=O) groups excluding carboxylic acids is 1. The number of aromatic nitrogens is 3. The second-order valence-corrected chi connectivity index (χ2v) is 7.26. The molecule has 0 radical (unpaired) electrons. The molecule has 3 aromatic rings. The van der Waals surface area contributed by atoms with E-state index in [0.29, 0.717) is 24.7 Å². The van der Waals surface area contributed by atoms with E-state index >= 15 is 0 Å². The Hall–Kier alpha value is -3.16. The Balaban J connectivity index is 1.65. The molecular formula is C21H20F2N4O2. The Morgan fingerprint density at radius 2 is 2.07 bits per heavy atom. The fraction of sp³-hybridized carbons (Fsp3) is 0.333. The number of hydrogen-bond acceptors (Lipinski definition) is 5. The van der Waals surface area contributed by atoms with Crippen molar-refractivity contribution in [1.29, 1.82) is 0 Å². The summed E-state index contributed by atoms with van der Waals surface area (Å²) in [6, 6.07) is 4.73. The predicted molar refractivity (Wildman–Crippen MR) is 101 cm³/mol. The van der Waals surface area contributed by atoms with Crippen molar-refractivity contribution in [3.63, 3.8) is 0 Å². The third-order valence-corrected chi connectivity index (χ3v) is 5.09. The molecule has 1 amide bonds. The topological polar surface area (TPSA) is 72.1 Å². The van der Waals surface area contributed by atoms with Crippen molar-refractivity contribution in [2.45, 2.75) is 32.6 Å². The summed E-state index contributed by atoms with van der Waals surface area (Å²) in [7, 11) is 0. The number of halogens is 2. The molecule has 1 fully saturated rings. The van der Waals surface area contributed by atoms with Crippen LogP contribution in [-0.2, 0) is 0 Å². The minimum absolute atomic E-state index is 0.0774. The molecule has 29 heavy (non-hydrogen) atoms. The van der Waals surface area contributed by atoms with Crippen LogP contribution in [-0.4, -0.2) is 39.0 Å². The molecule has 1 aliphatic heterocycles. The maximum atomic E-state index is 14.1. The predicted octanol–water partition coefficient (Wildman–Crippen LogP) is 4.05. The van der Waals surface area contributed by atoms with Gasteiger partial charge in [0.1, 0.15) is 17.5 Å². The lowest BCUT2D eigenvalue weighted by Crippen LogP contribution is -2.40. The van der Waals surface area contributed by atoms with Crippen molar-refractivity contribution in [2.24, 2.45) is 0 Å². The molecule has 0 saturated carbocycles. The fourth-order valence-corrected chi connectivity index (χ4v) is 3.70. The lowest BCUT2D eigenvalue weighted by Gasteiger charge is -2.33. The lowest BCUT2D eigenvalue weighted by atomic mass is 9.91. The number of amides is 1. The first-order valence-electron chi connectivity index (χ1n) is 9.44. The van der Waals surface area contributed by atoms with Crippen molar-refractivity contribution >= 4 is 5.91 Å². The number of nitrogens with zero attached hydrogens (tertiary/aromatic N) is 4. The van der Waals surface area contributed by atoms with Crippen LogP contribution in [0.3, 0.4) is 0 Å². The molecule has 0 bridgehead atoms. The van der Waals surface area contributed by atoms with Gasteiger partial charge in [0.15, 0.2) is 5.76 Å². The number of carbonyl (C=O) groups is 1. The number of piperidine rings is 1. The fourth-order valence-electron chi connectivity index (χ4n) is 3.70. The quantitative estimate of drug-likeness (QED) is 0.666. The summed E-state index contributed by atoms with van der Waals surface area (Å²) in [5.74, 6) is -0.787. The summed E-state index contributed by atoms with van der Waals surface area (Å²) in [4.78, 5) is 23.3. The van der Waals surface area contributed by atoms with Gasteiger partial charge in [-0.25, -0.2) is 18.7 Å². The van der Waals surface area contributed by atoms with Gasteiger partial charge >= 0.3 is 0 Å². The van der Waals surface area contributed by atoms with Gasteiger partial charge in [-0.1, -0.05) is 5.16 Å². The maximum Gasteiger partial charge on any atom is 0.256 e. The first-order chi connectivity index (χ1) is 13.9. The first-order valence-corrected chi connectivity index (χ1v) is 9.44. The van der Waals surface area contributed by atoms with Crippen LogP contribution in [0.5, 0.6) is 0 Å². The van der Waals surface area contributed by atoms with Gasteiger partial charge in [0.05, 0.1) is 22.5 Å². The van der Waals surface area contributed by atoms with Crippen LogP contribution in [0.15, 0.2) is 35.0 Å². The molecular weight excluding hydrogens is 378 g/mol. The highest BCUT2D eigenvalue weighted by atomic mass is 19.1. The van der Waals surface area contributed by atoms with E-state index in [-0.39, 0.29) is 11.5 Å². The molecule has 1 atom stereocenters. The molecule has 0 aliphatic carbocycles. The zero-order chi connectivity index (χ0) is 20.5. The summed E-state index contributed by atoms with van der Waals surface area (Å²) in [6.07, 6.45) is 3.24. The second kappa shape index (κ2) is 7.69. The van der Waals surface area contributed by atoms with Crippen molar-refractivity contribution in [1.82, 2.24) is 20.0 Å². The van der Waals surface area contributed by atoms with Gasteiger partial charge in [-0.2, -0.15) is 0 Å². The molecule has 6 nitrogen and oxygen atoms in total. The number of hydrogen-bond donors (Lipinski definition) is 0. The molecule has 150 valence electrons. The molecule has 1 saturated heterocycles. The summed E-state index contributed by atoms with van der Waals surface area (Å²) in [5, 5.41) is 3.93. The third-order valence-electron chi connectivity index (χ3n) is 5.09. The van der Waals surface area contributed by atoms with E-state index < -0.39 is 17.5 Å². The summed E-state index contributed by atoms with van der Waals surface area (Å²) < 4.78 is 33.0. The molecule has 1 aliphatic rings. The Morgan fingerprint density at radius 3 is 2.83 bits per heavy atom. The molecule has 1 aromatic carbocycles. The standard InChI is InChI=1S/C21H20F2N4O2/c1-12-8-19(29-26-12)17-10-24-13(2)25-20(17)14-4-3-7-27(11-14)21(28)16-9-15(22)5-6-18(16)23/h5-6,8-10,14H,3-4,7,11H2,1-2H3. The van der Waals surface area contributed by atoms with Crippen LogP contribution in [0.4, 0.5) is 8.78 Å². The smallest absolute Gasteiger partial charge is 0.256 e. The van der Waals surface area contributed by atoms with Crippen molar-refractivity contribution in [3.05, 3.63) is 64.9 Å². The van der Waals surface area contributed by atoms with E-state index in [2.05, 4.69) is 15.1 Å². The lowest BCUT2D eigenvalue weighted by molar-refractivity contribution is 0.0700. The molecule has 0 spiro atoms. The maximum absolute atomic E-state index is 14.1. The number of likely N-dealkylation sites (tertiary alicyclic amines) is 1. The van der Waals surface area contributed by atoms with E-state index in [9.17, 15) is 13.6 Å². The number of rotatable bonds is 3. The molecule has 3 heterocycles. The van der Waals surface area contributed by atoms with Crippen LogP contribution in [0.2, 0.25) is 0 Å². The first kappa shape index (κ1) is 19.2. The van der Waals surface area contributed by atoms with Gasteiger partial charge in [-0.05, 0) is 44.9 Å². The molecule has 2 aromatic heterocycles. The van der Waals surface area contributed by atoms with Gasteiger partial charge in [-0.3, -0.25) is 4.79 Å². The molecule has 4 rings (SSSR count). The van der Waals surface area contributed by atoms with E-state index in [1.807, 2.05) is 13.0 Å². The van der Waals surface area contributed by atoms with Crippen molar-refractivity contribution in [3.8, 4) is 11.3 Å². The monoisotopic (exact) mass is 398 g/mol. The third kappa shape index (κ3) is 3.87. The molecule has 0 N–H and O–H groups in total. The van der Waals surface area contributed by atoms with Gasteiger partial charge in [0.2, 0.25) is 0 Å². The average molecular weight is 398 g/mol. The highest BCUT2D eigenvalue weighted by Gasteiger charge is 2.30. The second-order valence-electron chi connectivity index (χ2n) is 7.26. The minimum Gasteiger partial charge on any atom is -0.356 e. The largest absolute Gasteiger partial charge is 0.356 e. The van der Waals surface area contributed by atoms with Crippen LogP contribution >= 0.6 is 0 Å². The Bertz CT molecular complexity index is 1070. The molecule has 8 heteroatoms. The number of benzene rings is 1. The number of aryl methyl sites for hydroxylation is 2. The summed E-state index contributed by atoms with van der Waals surface area (Å²) in [5.41, 5.74) is 1.99.